The van der Waals surface area contributed by atoms with E-state index in [1.807, 2.05) is 43.0 Å². The van der Waals surface area contributed by atoms with E-state index in [4.69, 9.17) is 0 Å². The Kier molecular flexibility index (Phi) is 5.45. The third-order valence-electron chi connectivity index (χ3n) is 6.11. The Balaban J connectivity index is 1.62. The minimum atomic E-state index is -0.171. The van der Waals surface area contributed by atoms with Crippen LogP contribution in [0.3, 0.4) is 0 Å². The summed E-state index contributed by atoms with van der Waals surface area (Å²) in [6.45, 7) is 7.78. The summed E-state index contributed by atoms with van der Waals surface area (Å²) in [4.78, 5) is 32.2. The second-order valence-corrected chi connectivity index (χ2v) is 8.49. The van der Waals surface area contributed by atoms with Gasteiger partial charge in [-0.1, -0.05) is 24.6 Å². The van der Waals surface area contributed by atoms with Gasteiger partial charge in [-0.3, -0.25) is 14.2 Å². The number of aryl methyl sites for hydroxylation is 4. The minimum absolute atomic E-state index is 0.109. The number of aromatic nitrogens is 4. The fourth-order valence-electron chi connectivity index (χ4n) is 4.08. The number of benzene rings is 1. The smallest absolute Gasteiger partial charge is 0.273 e. The van der Waals surface area contributed by atoms with E-state index in [1.54, 1.807) is 16.3 Å². The van der Waals surface area contributed by atoms with Crippen LogP contribution >= 0.6 is 0 Å². The average Bonchev–Trinajstić information content (AvgIpc) is 3.07. The number of amides is 1. The monoisotopic (exact) mass is 407 g/mol. The molecule has 0 radical (unpaired) electrons. The number of carbonyl (C=O) groups excluding carboxylic acids is 1. The van der Waals surface area contributed by atoms with Crippen molar-refractivity contribution in [2.24, 2.45) is 13.0 Å². The molecule has 3 aromatic rings. The number of fused-ring (bicyclic) bond motifs is 1. The van der Waals surface area contributed by atoms with Gasteiger partial charge in [-0.15, -0.1) is 0 Å². The summed E-state index contributed by atoms with van der Waals surface area (Å²) in [5, 5.41) is 4.63. The van der Waals surface area contributed by atoms with Gasteiger partial charge in [-0.05, 0) is 44.7 Å². The van der Waals surface area contributed by atoms with E-state index >= 15 is 0 Å². The molecule has 1 aromatic carbocycles. The molecule has 0 unspecified atom stereocenters. The van der Waals surface area contributed by atoms with Gasteiger partial charge in [0.15, 0.2) is 5.65 Å². The van der Waals surface area contributed by atoms with Crippen molar-refractivity contribution in [2.45, 2.75) is 46.5 Å². The molecule has 1 saturated heterocycles. The van der Waals surface area contributed by atoms with Gasteiger partial charge < -0.3 is 4.90 Å². The number of hydrogen-bond donors (Lipinski definition) is 0. The van der Waals surface area contributed by atoms with Gasteiger partial charge in [0.05, 0.1) is 11.4 Å². The maximum Gasteiger partial charge on any atom is 0.273 e. The molecule has 1 aliphatic rings. The van der Waals surface area contributed by atoms with Crippen molar-refractivity contribution in [1.82, 2.24) is 24.2 Å². The molecule has 7 heteroatoms. The number of nitrogens with zero attached hydrogens (tertiary/aromatic N) is 5. The highest BCUT2D eigenvalue weighted by Crippen LogP contribution is 2.20. The number of rotatable bonds is 4. The van der Waals surface area contributed by atoms with Gasteiger partial charge in [0.25, 0.3) is 5.56 Å². The maximum absolute atomic E-state index is 13.0. The van der Waals surface area contributed by atoms with Gasteiger partial charge >= 0.3 is 0 Å². The molecule has 0 bridgehead atoms. The molecule has 158 valence electrons. The lowest BCUT2D eigenvalue weighted by Crippen LogP contribution is -2.38. The van der Waals surface area contributed by atoms with Crippen molar-refractivity contribution in [3.05, 3.63) is 51.6 Å². The molecule has 0 spiro atoms. The zero-order chi connectivity index (χ0) is 21.4. The van der Waals surface area contributed by atoms with Crippen LogP contribution in [0.25, 0.3) is 16.9 Å². The molecule has 1 fully saturated rings. The Morgan fingerprint density at radius 2 is 1.80 bits per heavy atom. The molecule has 0 atom stereocenters. The second-order valence-electron chi connectivity index (χ2n) is 8.49. The van der Waals surface area contributed by atoms with E-state index in [-0.39, 0.29) is 11.5 Å². The molecule has 2 aromatic heterocycles. The second kappa shape index (κ2) is 8.05. The van der Waals surface area contributed by atoms with Crippen molar-refractivity contribution in [1.29, 1.82) is 0 Å². The van der Waals surface area contributed by atoms with Crippen molar-refractivity contribution in [2.75, 3.05) is 13.1 Å². The first-order valence-corrected chi connectivity index (χ1v) is 10.6. The molecule has 4 rings (SSSR count). The van der Waals surface area contributed by atoms with E-state index in [2.05, 4.69) is 17.0 Å². The molecule has 0 N–H and O–H groups in total. The summed E-state index contributed by atoms with van der Waals surface area (Å²) in [5.41, 5.74) is 4.44. The molecule has 1 aliphatic heterocycles. The normalized spacial score (nSPS) is 15.1. The van der Waals surface area contributed by atoms with Gasteiger partial charge in [0.2, 0.25) is 5.91 Å². The Hall–Kier alpha value is -2.96. The summed E-state index contributed by atoms with van der Waals surface area (Å²) in [7, 11) is 1.75. The number of likely N-dealkylation sites (tertiary alicyclic amines) is 1. The minimum Gasteiger partial charge on any atom is -0.343 e. The topological polar surface area (TPSA) is 73.0 Å². The van der Waals surface area contributed by atoms with Crippen LogP contribution in [0.5, 0.6) is 0 Å². The third-order valence-corrected chi connectivity index (χ3v) is 6.11. The van der Waals surface area contributed by atoms with E-state index in [9.17, 15) is 9.59 Å². The molecule has 1 amide bonds. The highest BCUT2D eigenvalue weighted by Gasteiger charge is 2.22. The lowest BCUT2D eigenvalue weighted by Gasteiger charge is -2.30. The molecular formula is C23H29N5O2. The van der Waals surface area contributed by atoms with Gasteiger partial charge in [0, 0.05) is 33.0 Å². The molecule has 3 heterocycles. The van der Waals surface area contributed by atoms with Crippen molar-refractivity contribution >= 4 is 17.1 Å². The van der Waals surface area contributed by atoms with Crippen LogP contribution in [0.4, 0.5) is 0 Å². The van der Waals surface area contributed by atoms with Crippen molar-refractivity contribution < 1.29 is 4.79 Å². The average molecular weight is 408 g/mol. The van der Waals surface area contributed by atoms with Crippen LogP contribution in [0.15, 0.2) is 29.1 Å². The van der Waals surface area contributed by atoms with E-state index in [0.29, 0.717) is 35.6 Å². The van der Waals surface area contributed by atoms with E-state index in [1.165, 1.54) is 0 Å². The predicted octanol–water partition coefficient (Wildman–Crippen LogP) is 2.93. The summed E-state index contributed by atoms with van der Waals surface area (Å²) >= 11 is 0. The predicted molar refractivity (Wildman–Crippen MR) is 117 cm³/mol. The van der Waals surface area contributed by atoms with Crippen LogP contribution in [0, 0.1) is 19.8 Å². The Morgan fingerprint density at radius 1 is 1.13 bits per heavy atom. The fraction of sp³-hybridized carbons (Fsp3) is 0.478. The zero-order valence-electron chi connectivity index (χ0n) is 18.2. The van der Waals surface area contributed by atoms with Crippen LogP contribution < -0.4 is 5.56 Å². The largest absolute Gasteiger partial charge is 0.343 e. The van der Waals surface area contributed by atoms with Crippen LogP contribution in [-0.4, -0.2) is 43.2 Å². The summed E-state index contributed by atoms with van der Waals surface area (Å²) < 4.78 is 3.37. The lowest BCUT2D eigenvalue weighted by atomic mass is 9.99. The fourth-order valence-corrected chi connectivity index (χ4v) is 4.08. The molecule has 0 aliphatic carbocycles. The summed E-state index contributed by atoms with van der Waals surface area (Å²) in [5.74, 6) is 0.788. The van der Waals surface area contributed by atoms with Crippen molar-refractivity contribution in [3.63, 3.8) is 0 Å². The first-order valence-electron chi connectivity index (χ1n) is 10.6. The molecule has 0 saturated carbocycles. The first-order chi connectivity index (χ1) is 14.3. The Labute approximate surface area is 176 Å². The first kappa shape index (κ1) is 20.3. The standard InChI is InChI=1S/C23H29N5O2/c1-15-5-7-18(8-6-15)28-22-21(17(3)25-28)24-19(23(30)26(22)4)9-10-20(29)27-13-11-16(2)12-14-27/h5-8,16H,9-14H2,1-4H3. The maximum atomic E-state index is 13.0. The van der Waals surface area contributed by atoms with Gasteiger partial charge in [-0.2, -0.15) is 5.10 Å². The van der Waals surface area contributed by atoms with E-state index < -0.39 is 0 Å². The van der Waals surface area contributed by atoms with Crippen LogP contribution in [0.1, 0.15) is 43.1 Å². The SMILES string of the molecule is Cc1ccc(-n2nc(C)c3nc(CCC(=O)N4CCC(C)CC4)c(=O)n(C)c32)cc1. The highest BCUT2D eigenvalue weighted by molar-refractivity contribution is 5.77. The zero-order valence-corrected chi connectivity index (χ0v) is 18.2. The van der Waals surface area contributed by atoms with Crippen molar-refractivity contribution in [3.8, 4) is 5.69 Å². The van der Waals surface area contributed by atoms with Crippen LogP contribution in [0.2, 0.25) is 0 Å². The Morgan fingerprint density at radius 3 is 2.47 bits per heavy atom. The lowest BCUT2D eigenvalue weighted by molar-refractivity contribution is -0.132. The number of carbonyl (C=O) groups is 1. The highest BCUT2D eigenvalue weighted by atomic mass is 16.2. The Bertz CT molecular complexity index is 1140. The van der Waals surface area contributed by atoms with E-state index in [0.717, 1.165) is 42.9 Å². The molecule has 7 nitrogen and oxygen atoms in total. The molecule has 30 heavy (non-hydrogen) atoms. The number of piperidine rings is 1. The number of hydrogen-bond acceptors (Lipinski definition) is 4. The molecular weight excluding hydrogens is 378 g/mol. The summed E-state index contributed by atoms with van der Waals surface area (Å²) in [6, 6.07) is 8.01. The van der Waals surface area contributed by atoms with Gasteiger partial charge in [0.1, 0.15) is 11.2 Å². The third kappa shape index (κ3) is 3.76. The quantitative estimate of drug-likeness (QED) is 0.667. The van der Waals surface area contributed by atoms with Gasteiger partial charge in [-0.25, -0.2) is 9.67 Å². The summed E-state index contributed by atoms with van der Waals surface area (Å²) in [6.07, 6.45) is 2.76. The van der Waals surface area contributed by atoms with Crippen LogP contribution in [-0.2, 0) is 18.3 Å².